The SMILES string of the molecule is C[C@@H]1COC[C@H](C)N1Cc1cnc(NC23CCC4CC(CC(C4)C2)C3)nc1C(F)(F)F.Cl. The summed E-state index contributed by atoms with van der Waals surface area (Å²) >= 11 is 0. The van der Waals surface area contributed by atoms with Crippen LogP contribution in [0.4, 0.5) is 19.1 Å². The smallest absolute Gasteiger partial charge is 0.378 e. The molecule has 180 valence electrons. The summed E-state index contributed by atoms with van der Waals surface area (Å²) in [6.45, 7) is 5.19. The van der Waals surface area contributed by atoms with Crippen LogP contribution in [0.3, 0.4) is 0 Å². The number of morpholine rings is 1. The topological polar surface area (TPSA) is 50.3 Å². The van der Waals surface area contributed by atoms with Gasteiger partial charge in [0.25, 0.3) is 0 Å². The van der Waals surface area contributed by atoms with Crippen LogP contribution in [-0.2, 0) is 17.5 Å². The molecule has 1 aliphatic heterocycles. The van der Waals surface area contributed by atoms with Crippen LogP contribution in [0.1, 0.15) is 70.1 Å². The van der Waals surface area contributed by atoms with E-state index >= 15 is 0 Å². The van der Waals surface area contributed by atoms with Gasteiger partial charge in [0.2, 0.25) is 5.95 Å². The highest BCUT2D eigenvalue weighted by Gasteiger charge is 2.48. The second kappa shape index (κ2) is 8.91. The van der Waals surface area contributed by atoms with Gasteiger partial charge in [-0.3, -0.25) is 4.90 Å². The maximum absolute atomic E-state index is 14.0. The zero-order valence-electron chi connectivity index (χ0n) is 18.8. The van der Waals surface area contributed by atoms with Crippen LogP contribution in [0.5, 0.6) is 0 Å². The lowest BCUT2D eigenvalue weighted by molar-refractivity contribution is -0.142. The van der Waals surface area contributed by atoms with Gasteiger partial charge < -0.3 is 10.1 Å². The highest BCUT2D eigenvalue weighted by molar-refractivity contribution is 5.85. The summed E-state index contributed by atoms with van der Waals surface area (Å²) in [6.07, 6.45) is 4.98. The maximum atomic E-state index is 14.0. The predicted octanol–water partition coefficient (Wildman–Crippen LogP) is 5.30. The summed E-state index contributed by atoms with van der Waals surface area (Å²) in [6, 6.07) is 0.108. The third-order valence-electron chi connectivity index (χ3n) is 8.10. The van der Waals surface area contributed by atoms with Crippen molar-refractivity contribution in [1.82, 2.24) is 14.9 Å². The minimum absolute atomic E-state index is 0. The van der Waals surface area contributed by atoms with Gasteiger partial charge in [0, 0.05) is 35.9 Å². The summed E-state index contributed by atoms with van der Waals surface area (Å²) in [5, 5.41) is 3.43. The number of ether oxygens (including phenoxy) is 1. The summed E-state index contributed by atoms with van der Waals surface area (Å²) in [4.78, 5) is 10.5. The summed E-state index contributed by atoms with van der Waals surface area (Å²) in [7, 11) is 0. The van der Waals surface area contributed by atoms with Gasteiger partial charge in [0.1, 0.15) is 0 Å². The number of rotatable bonds is 4. The monoisotopic (exact) mass is 474 g/mol. The van der Waals surface area contributed by atoms with Crippen LogP contribution in [0, 0.1) is 17.8 Å². The van der Waals surface area contributed by atoms with Crippen LogP contribution in [0.15, 0.2) is 6.20 Å². The third-order valence-corrected chi connectivity index (χ3v) is 8.10. The molecule has 5 fully saturated rings. The number of nitrogens with zero attached hydrogens (tertiary/aromatic N) is 3. The van der Waals surface area contributed by atoms with E-state index in [0.717, 1.165) is 31.6 Å². The van der Waals surface area contributed by atoms with Crippen molar-refractivity contribution in [3.8, 4) is 0 Å². The first-order chi connectivity index (χ1) is 14.7. The molecule has 1 saturated heterocycles. The molecular formula is C23H34ClF3N4O. The molecule has 4 atom stereocenters. The molecular weight excluding hydrogens is 441 g/mol. The van der Waals surface area contributed by atoms with Crippen molar-refractivity contribution in [2.24, 2.45) is 17.8 Å². The third kappa shape index (κ3) is 4.73. The molecule has 2 unspecified atom stereocenters. The van der Waals surface area contributed by atoms with Crippen molar-refractivity contribution in [3.63, 3.8) is 0 Å². The van der Waals surface area contributed by atoms with Crippen molar-refractivity contribution < 1.29 is 17.9 Å². The second-order valence-electron chi connectivity index (χ2n) is 10.6. The molecule has 4 saturated carbocycles. The number of halogens is 4. The van der Waals surface area contributed by atoms with Gasteiger partial charge in [0.05, 0.1) is 13.2 Å². The average molecular weight is 475 g/mol. The van der Waals surface area contributed by atoms with Crippen molar-refractivity contribution in [2.75, 3.05) is 18.5 Å². The zero-order chi connectivity index (χ0) is 21.8. The fraction of sp³-hybridized carbons (Fsp3) is 0.826. The number of alkyl halides is 3. The minimum Gasteiger partial charge on any atom is -0.378 e. The molecule has 4 aliphatic carbocycles. The largest absolute Gasteiger partial charge is 0.433 e. The number of hydrogen-bond acceptors (Lipinski definition) is 5. The molecule has 0 aromatic carbocycles. The lowest BCUT2D eigenvalue weighted by atomic mass is 9.65. The number of nitrogens with one attached hydrogen (secondary N) is 1. The molecule has 0 spiro atoms. The standard InChI is InChI=1S/C23H33F3N4O.ClH/c1-14-12-31-13-15(2)30(14)11-19-10-27-21(28-20(19)23(24,25)26)29-22-4-3-16-5-17(8-22)7-18(6-16)9-22;/h10,14-18H,3-9,11-13H2,1-2H3,(H,27,28,29);1H/t14-,15+,16?,17?,18?,22?;. The van der Waals surface area contributed by atoms with Gasteiger partial charge in [-0.25, -0.2) is 9.97 Å². The van der Waals surface area contributed by atoms with Gasteiger partial charge >= 0.3 is 6.18 Å². The van der Waals surface area contributed by atoms with E-state index in [-0.39, 0.29) is 48.1 Å². The molecule has 32 heavy (non-hydrogen) atoms. The maximum Gasteiger partial charge on any atom is 0.433 e. The van der Waals surface area contributed by atoms with Gasteiger partial charge in [-0.05, 0) is 76.5 Å². The highest BCUT2D eigenvalue weighted by atomic mass is 35.5. The first-order valence-corrected chi connectivity index (χ1v) is 11.8. The molecule has 0 amide bonds. The summed E-state index contributed by atoms with van der Waals surface area (Å²) in [5.74, 6) is 2.32. The molecule has 5 aliphatic rings. The average Bonchev–Trinajstić information content (AvgIpc) is 2.88. The Balaban J connectivity index is 0.00000245. The normalized spacial score (nSPS) is 37.1. The van der Waals surface area contributed by atoms with E-state index in [0.29, 0.717) is 25.0 Å². The van der Waals surface area contributed by atoms with Crippen LogP contribution in [-0.4, -0.2) is 45.7 Å². The van der Waals surface area contributed by atoms with Crippen molar-refractivity contribution in [2.45, 2.75) is 89.1 Å². The molecule has 0 radical (unpaired) electrons. The minimum atomic E-state index is -4.51. The molecule has 5 nitrogen and oxygen atoms in total. The Morgan fingerprint density at radius 3 is 2.34 bits per heavy atom. The second-order valence-corrected chi connectivity index (χ2v) is 10.6. The number of anilines is 1. The molecule has 2 heterocycles. The molecule has 1 aromatic rings. The molecule has 4 bridgehead atoms. The Morgan fingerprint density at radius 2 is 1.72 bits per heavy atom. The van der Waals surface area contributed by atoms with Gasteiger partial charge in [-0.15, -0.1) is 12.4 Å². The van der Waals surface area contributed by atoms with Crippen LogP contribution in [0.2, 0.25) is 0 Å². The first kappa shape index (κ1) is 24.0. The van der Waals surface area contributed by atoms with Crippen molar-refractivity contribution in [3.05, 3.63) is 17.5 Å². The Kier molecular flexibility index (Phi) is 6.69. The predicted molar refractivity (Wildman–Crippen MR) is 119 cm³/mol. The van der Waals surface area contributed by atoms with E-state index in [4.69, 9.17) is 4.74 Å². The molecule has 1 aromatic heterocycles. The van der Waals surface area contributed by atoms with Crippen molar-refractivity contribution in [1.29, 1.82) is 0 Å². The Morgan fingerprint density at radius 1 is 1.09 bits per heavy atom. The summed E-state index contributed by atoms with van der Waals surface area (Å²) < 4.78 is 47.5. The lowest BCUT2D eigenvalue weighted by Crippen LogP contribution is -2.49. The van der Waals surface area contributed by atoms with Crippen LogP contribution in [0.25, 0.3) is 0 Å². The molecule has 1 N–H and O–H groups in total. The van der Waals surface area contributed by atoms with E-state index in [1.165, 1.54) is 25.5 Å². The molecule has 9 heteroatoms. The zero-order valence-corrected chi connectivity index (χ0v) is 19.6. The van der Waals surface area contributed by atoms with E-state index in [9.17, 15) is 13.2 Å². The quantitative estimate of drug-likeness (QED) is 0.642. The van der Waals surface area contributed by atoms with Gasteiger partial charge in [0.15, 0.2) is 5.69 Å². The van der Waals surface area contributed by atoms with E-state index in [1.54, 1.807) is 0 Å². The fourth-order valence-corrected chi connectivity index (χ4v) is 6.92. The van der Waals surface area contributed by atoms with Crippen molar-refractivity contribution >= 4 is 18.4 Å². The number of fused-ring (bicyclic) bond motifs is 1. The summed E-state index contributed by atoms with van der Waals surface area (Å²) in [5.41, 5.74) is -0.811. The molecule has 6 rings (SSSR count). The Labute approximate surface area is 194 Å². The van der Waals surface area contributed by atoms with E-state index in [2.05, 4.69) is 15.3 Å². The number of hydrogen-bond donors (Lipinski definition) is 1. The first-order valence-electron chi connectivity index (χ1n) is 11.8. The fourth-order valence-electron chi connectivity index (χ4n) is 6.92. The number of aromatic nitrogens is 2. The van der Waals surface area contributed by atoms with Gasteiger partial charge in [-0.2, -0.15) is 13.2 Å². The Hall–Kier alpha value is -1.12. The van der Waals surface area contributed by atoms with Crippen LogP contribution < -0.4 is 5.32 Å². The lowest BCUT2D eigenvalue weighted by Gasteiger charge is -2.45. The van der Waals surface area contributed by atoms with E-state index < -0.39 is 11.9 Å². The Bertz CT molecular complexity index is 799. The highest BCUT2D eigenvalue weighted by Crippen LogP contribution is 2.53. The van der Waals surface area contributed by atoms with E-state index in [1.807, 2.05) is 18.7 Å². The van der Waals surface area contributed by atoms with Crippen LogP contribution >= 0.6 is 12.4 Å². The van der Waals surface area contributed by atoms with Gasteiger partial charge in [-0.1, -0.05) is 0 Å².